The number of sulfonamides is 1. The molecular weight excluding hydrogens is 234 g/mol. The minimum atomic E-state index is -3.34. The summed E-state index contributed by atoms with van der Waals surface area (Å²) in [6.45, 7) is 2.34. The first-order valence-electron chi connectivity index (χ1n) is 4.70. The summed E-state index contributed by atoms with van der Waals surface area (Å²) in [6.07, 6.45) is 0.604. The number of hydrogen-bond donors (Lipinski definition) is 2. The monoisotopic (exact) mass is 249 g/mol. The molecule has 4 nitrogen and oxygen atoms in total. The van der Waals surface area contributed by atoms with E-state index in [1.807, 2.05) is 6.92 Å². The van der Waals surface area contributed by atoms with Crippen LogP contribution < -0.4 is 4.72 Å². The van der Waals surface area contributed by atoms with Gasteiger partial charge in [-0.3, -0.25) is 0 Å². The standard InChI is InChI=1S/C9H15NO3S2/c1-8(4-5-11)7-10-15(12,13)9-3-2-6-14-9/h2-3,6,8,10-11H,4-5,7H2,1H3. The highest BCUT2D eigenvalue weighted by Crippen LogP contribution is 2.15. The molecule has 0 fully saturated rings. The van der Waals surface area contributed by atoms with Gasteiger partial charge in [-0.15, -0.1) is 11.3 Å². The van der Waals surface area contributed by atoms with Crippen LogP contribution in [0.1, 0.15) is 13.3 Å². The third-order valence-corrected chi connectivity index (χ3v) is 4.82. The van der Waals surface area contributed by atoms with Crippen molar-refractivity contribution in [2.75, 3.05) is 13.2 Å². The van der Waals surface area contributed by atoms with Gasteiger partial charge < -0.3 is 5.11 Å². The molecule has 1 aromatic rings. The van der Waals surface area contributed by atoms with Gasteiger partial charge in [0.05, 0.1) is 0 Å². The molecule has 2 N–H and O–H groups in total. The Bertz CT molecular complexity index is 372. The smallest absolute Gasteiger partial charge is 0.250 e. The molecule has 0 radical (unpaired) electrons. The molecule has 0 bridgehead atoms. The summed E-state index contributed by atoms with van der Waals surface area (Å²) in [5, 5.41) is 10.4. The number of aliphatic hydroxyl groups is 1. The van der Waals surface area contributed by atoms with Crippen LogP contribution in [0, 0.1) is 5.92 Å². The first-order chi connectivity index (χ1) is 7.06. The lowest BCUT2D eigenvalue weighted by Crippen LogP contribution is -2.28. The zero-order chi connectivity index (χ0) is 11.3. The van der Waals surface area contributed by atoms with Crippen LogP contribution in [0.3, 0.4) is 0 Å². The predicted octanol–water partition coefficient (Wildman–Crippen LogP) is 1.04. The van der Waals surface area contributed by atoms with Crippen LogP contribution in [-0.4, -0.2) is 26.7 Å². The van der Waals surface area contributed by atoms with Gasteiger partial charge in [0.15, 0.2) is 0 Å². The summed E-state index contributed by atoms with van der Waals surface area (Å²) in [7, 11) is -3.34. The number of nitrogens with one attached hydrogen (secondary N) is 1. The normalized spacial score (nSPS) is 14.0. The Morgan fingerprint density at radius 1 is 1.60 bits per heavy atom. The molecule has 0 aliphatic heterocycles. The number of aliphatic hydroxyl groups excluding tert-OH is 1. The third kappa shape index (κ3) is 3.90. The van der Waals surface area contributed by atoms with Gasteiger partial charge in [-0.1, -0.05) is 13.0 Å². The van der Waals surface area contributed by atoms with Gasteiger partial charge in [-0.05, 0) is 23.8 Å². The van der Waals surface area contributed by atoms with E-state index in [-0.39, 0.29) is 12.5 Å². The minimum Gasteiger partial charge on any atom is -0.396 e. The van der Waals surface area contributed by atoms with Crippen molar-refractivity contribution in [2.24, 2.45) is 5.92 Å². The highest BCUT2D eigenvalue weighted by Gasteiger charge is 2.15. The van der Waals surface area contributed by atoms with Crippen LogP contribution >= 0.6 is 11.3 Å². The maximum atomic E-state index is 11.6. The Morgan fingerprint density at radius 3 is 2.87 bits per heavy atom. The fourth-order valence-electron chi connectivity index (χ4n) is 1.06. The molecule has 1 rings (SSSR count). The average molecular weight is 249 g/mol. The number of hydrogen-bond acceptors (Lipinski definition) is 4. The molecule has 0 aromatic carbocycles. The molecule has 0 spiro atoms. The lowest BCUT2D eigenvalue weighted by atomic mass is 10.1. The number of thiophene rings is 1. The highest BCUT2D eigenvalue weighted by molar-refractivity contribution is 7.91. The Morgan fingerprint density at radius 2 is 2.33 bits per heavy atom. The van der Waals surface area contributed by atoms with Gasteiger partial charge in [-0.2, -0.15) is 0 Å². The van der Waals surface area contributed by atoms with E-state index < -0.39 is 10.0 Å². The van der Waals surface area contributed by atoms with Crippen molar-refractivity contribution >= 4 is 21.4 Å². The van der Waals surface area contributed by atoms with Crippen LogP contribution in [0.5, 0.6) is 0 Å². The predicted molar refractivity (Wildman–Crippen MR) is 60.4 cm³/mol. The molecule has 1 atom stereocenters. The van der Waals surface area contributed by atoms with E-state index in [4.69, 9.17) is 5.11 Å². The van der Waals surface area contributed by atoms with E-state index in [2.05, 4.69) is 4.72 Å². The van der Waals surface area contributed by atoms with E-state index in [0.717, 1.165) is 0 Å². The molecule has 1 heterocycles. The van der Waals surface area contributed by atoms with Crippen molar-refractivity contribution in [3.05, 3.63) is 17.5 Å². The molecule has 0 amide bonds. The first kappa shape index (κ1) is 12.6. The fourth-order valence-corrected chi connectivity index (χ4v) is 3.26. The SMILES string of the molecule is CC(CCO)CNS(=O)(=O)c1cccs1. The van der Waals surface area contributed by atoms with E-state index >= 15 is 0 Å². The largest absolute Gasteiger partial charge is 0.396 e. The molecule has 0 aliphatic rings. The molecule has 86 valence electrons. The van der Waals surface area contributed by atoms with Crippen molar-refractivity contribution in [1.29, 1.82) is 0 Å². The summed E-state index contributed by atoms with van der Waals surface area (Å²) in [6, 6.07) is 3.28. The Hall–Kier alpha value is -0.430. The molecule has 1 aromatic heterocycles. The van der Waals surface area contributed by atoms with Crippen LogP contribution in [0.2, 0.25) is 0 Å². The van der Waals surface area contributed by atoms with Gasteiger partial charge in [0.2, 0.25) is 10.0 Å². The molecule has 6 heteroatoms. The van der Waals surface area contributed by atoms with Gasteiger partial charge in [0.1, 0.15) is 4.21 Å². The van der Waals surface area contributed by atoms with Gasteiger partial charge in [0.25, 0.3) is 0 Å². The number of rotatable bonds is 6. The summed E-state index contributed by atoms with van der Waals surface area (Å²) < 4.78 is 26.1. The topological polar surface area (TPSA) is 66.4 Å². The van der Waals surface area contributed by atoms with E-state index in [1.165, 1.54) is 11.3 Å². The maximum Gasteiger partial charge on any atom is 0.250 e. The lowest BCUT2D eigenvalue weighted by Gasteiger charge is -2.10. The summed E-state index contributed by atoms with van der Waals surface area (Å²) in [5.41, 5.74) is 0. The van der Waals surface area contributed by atoms with Gasteiger partial charge in [-0.25, -0.2) is 13.1 Å². The quantitative estimate of drug-likeness (QED) is 0.792. The minimum absolute atomic E-state index is 0.0852. The Labute approximate surface area is 94.0 Å². The second-order valence-electron chi connectivity index (χ2n) is 3.40. The van der Waals surface area contributed by atoms with Crippen LogP contribution in [0.25, 0.3) is 0 Å². The van der Waals surface area contributed by atoms with E-state index in [1.54, 1.807) is 17.5 Å². The molecule has 0 aliphatic carbocycles. The maximum absolute atomic E-state index is 11.6. The van der Waals surface area contributed by atoms with Gasteiger partial charge >= 0.3 is 0 Å². The third-order valence-electron chi connectivity index (χ3n) is 2.00. The Balaban J connectivity index is 2.52. The molecule has 0 saturated carbocycles. The second kappa shape index (κ2) is 5.60. The summed E-state index contributed by atoms with van der Waals surface area (Å²) in [4.78, 5) is 0. The Kier molecular flexibility index (Phi) is 4.72. The van der Waals surface area contributed by atoms with Crippen molar-refractivity contribution in [2.45, 2.75) is 17.6 Å². The van der Waals surface area contributed by atoms with Gasteiger partial charge in [0, 0.05) is 13.2 Å². The van der Waals surface area contributed by atoms with Crippen molar-refractivity contribution < 1.29 is 13.5 Å². The molecular formula is C9H15NO3S2. The molecule has 1 unspecified atom stereocenters. The van der Waals surface area contributed by atoms with E-state index in [0.29, 0.717) is 17.2 Å². The zero-order valence-corrected chi connectivity index (χ0v) is 10.1. The van der Waals surface area contributed by atoms with E-state index in [9.17, 15) is 8.42 Å². The fraction of sp³-hybridized carbons (Fsp3) is 0.556. The average Bonchev–Trinajstić information content (AvgIpc) is 2.69. The highest BCUT2D eigenvalue weighted by atomic mass is 32.2. The van der Waals surface area contributed by atoms with Crippen molar-refractivity contribution in [1.82, 2.24) is 4.72 Å². The second-order valence-corrected chi connectivity index (χ2v) is 6.34. The van der Waals surface area contributed by atoms with Crippen LogP contribution in [0.4, 0.5) is 0 Å². The van der Waals surface area contributed by atoms with Crippen molar-refractivity contribution in [3.63, 3.8) is 0 Å². The van der Waals surface area contributed by atoms with Crippen LogP contribution in [0.15, 0.2) is 21.7 Å². The molecule has 15 heavy (non-hydrogen) atoms. The zero-order valence-electron chi connectivity index (χ0n) is 8.51. The first-order valence-corrected chi connectivity index (χ1v) is 7.06. The van der Waals surface area contributed by atoms with Crippen LogP contribution in [-0.2, 0) is 10.0 Å². The summed E-state index contributed by atoms with van der Waals surface area (Å²) >= 11 is 1.20. The summed E-state index contributed by atoms with van der Waals surface area (Å²) in [5.74, 6) is 0.143. The molecule has 0 saturated heterocycles. The van der Waals surface area contributed by atoms with Crippen molar-refractivity contribution in [3.8, 4) is 0 Å². The lowest BCUT2D eigenvalue weighted by molar-refractivity contribution is 0.263.